The van der Waals surface area contributed by atoms with Crippen molar-refractivity contribution in [3.05, 3.63) is 47.8 Å². The van der Waals surface area contributed by atoms with Crippen LogP contribution in [0.5, 0.6) is 0 Å². The smallest absolute Gasteiger partial charge is 0.313 e. The fourth-order valence-corrected chi connectivity index (χ4v) is 2.06. The number of fused-ring (bicyclic) bond motifs is 1. The fraction of sp³-hybridized carbons (Fsp3) is 0.214. The zero-order valence-electron chi connectivity index (χ0n) is 10.9. The zero-order valence-corrected chi connectivity index (χ0v) is 10.9. The summed E-state index contributed by atoms with van der Waals surface area (Å²) in [4.78, 5) is 3.44. The number of benzene rings is 2. The van der Waals surface area contributed by atoms with Gasteiger partial charge in [0.25, 0.3) is 0 Å². The Bertz CT molecular complexity index is 656. The molecule has 0 fully saturated rings. The Hall–Kier alpha value is -2.21. The molecule has 0 radical (unpaired) electrons. The topological polar surface area (TPSA) is 73.6 Å². The van der Waals surface area contributed by atoms with E-state index < -0.39 is 11.9 Å². The van der Waals surface area contributed by atoms with E-state index in [-0.39, 0.29) is 12.2 Å². The second kappa shape index (κ2) is 5.42. The van der Waals surface area contributed by atoms with Crippen LogP contribution in [-0.4, -0.2) is 19.0 Å². The van der Waals surface area contributed by atoms with Crippen molar-refractivity contribution in [2.75, 3.05) is 7.11 Å². The van der Waals surface area contributed by atoms with Gasteiger partial charge in [-0.3, -0.25) is 0 Å². The van der Waals surface area contributed by atoms with E-state index in [1.165, 1.54) is 12.1 Å². The summed E-state index contributed by atoms with van der Waals surface area (Å²) in [5.74, 6) is -3.16. The van der Waals surface area contributed by atoms with Gasteiger partial charge in [0, 0.05) is 12.5 Å². The first-order chi connectivity index (χ1) is 9.45. The van der Waals surface area contributed by atoms with Crippen LogP contribution in [0, 0.1) is 5.82 Å². The van der Waals surface area contributed by atoms with Crippen LogP contribution < -0.4 is 11.5 Å². The van der Waals surface area contributed by atoms with E-state index in [2.05, 4.69) is 4.99 Å². The van der Waals surface area contributed by atoms with Gasteiger partial charge in [0.2, 0.25) is 0 Å². The van der Waals surface area contributed by atoms with Crippen molar-refractivity contribution in [3.63, 3.8) is 0 Å². The second-order valence-corrected chi connectivity index (χ2v) is 4.36. The summed E-state index contributed by atoms with van der Waals surface area (Å²) in [7, 11) is 1.16. The molecule has 0 amide bonds. The number of alkyl halides is 1. The highest BCUT2D eigenvalue weighted by Crippen LogP contribution is 2.27. The van der Waals surface area contributed by atoms with Gasteiger partial charge in [0.05, 0.1) is 6.42 Å². The van der Waals surface area contributed by atoms with Crippen LogP contribution in [0.3, 0.4) is 0 Å². The van der Waals surface area contributed by atoms with E-state index in [1.54, 1.807) is 24.3 Å². The predicted molar refractivity (Wildman–Crippen MR) is 74.3 cm³/mol. The molecule has 2 aromatic carbocycles. The zero-order chi connectivity index (χ0) is 14.8. The molecule has 0 heterocycles. The predicted octanol–water partition coefficient (Wildman–Crippen LogP) is 2.06. The molecule has 0 aliphatic heterocycles. The average molecular weight is 279 g/mol. The van der Waals surface area contributed by atoms with E-state index in [9.17, 15) is 8.78 Å². The minimum absolute atomic E-state index is 0.220. The van der Waals surface area contributed by atoms with Gasteiger partial charge >= 0.3 is 5.98 Å². The Morgan fingerprint density at radius 3 is 2.45 bits per heavy atom. The number of nitrogens with zero attached hydrogens (tertiary/aromatic N) is 1. The highest BCUT2D eigenvalue weighted by Gasteiger charge is 2.30. The summed E-state index contributed by atoms with van der Waals surface area (Å²) in [6.07, 6.45) is -0.220. The van der Waals surface area contributed by atoms with Crippen LogP contribution in [0.25, 0.3) is 10.8 Å². The third-order valence-corrected chi connectivity index (χ3v) is 2.98. The van der Waals surface area contributed by atoms with Gasteiger partial charge in [-0.1, -0.05) is 30.3 Å². The van der Waals surface area contributed by atoms with E-state index in [0.29, 0.717) is 16.3 Å². The number of nitrogens with two attached hydrogens (primary N) is 2. The number of aliphatic imine (C=N–C) groups is 1. The molecule has 4 N–H and O–H groups in total. The molecule has 4 nitrogen and oxygen atoms in total. The highest BCUT2D eigenvalue weighted by atomic mass is 19.2. The summed E-state index contributed by atoms with van der Waals surface area (Å²) in [6, 6.07) is 9.57. The van der Waals surface area contributed by atoms with Crippen molar-refractivity contribution in [2.45, 2.75) is 12.4 Å². The quantitative estimate of drug-likeness (QED) is 0.511. The molecule has 0 aliphatic rings. The molecule has 0 saturated heterocycles. The first-order valence-electron chi connectivity index (χ1n) is 5.96. The molecule has 0 spiro atoms. The first kappa shape index (κ1) is 14.2. The van der Waals surface area contributed by atoms with Crippen LogP contribution in [0.2, 0.25) is 0 Å². The summed E-state index contributed by atoms with van der Waals surface area (Å²) < 4.78 is 32.8. The number of methoxy groups -OCH3 is 1. The molecule has 106 valence electrons. The minimum Gasteiger partial charge on any atom is -0.370 e. The lowest BCUT2D eigenvalue weighted by Crippen LogP contribution is -2.33. The lowest BCUT2D eigenvalue weighted by molar-refractivity contribution is -0.112. The lowest BCUT2D eigenvalue weighted by Gasteiger charge is -2.20. The molecule has 0 aromatic heterocycles. The van der Waals surface area contributed by atoms with Crippen molar-refractivity contribution in [3.8, 4) is 0 Å². The first-order valence-corrected chi connectivity index (χ1v) is 5.96. The number of ether oxygens (including phenoxy) is 1. The molecule has 20 heavy (non-hydrogen) atoms. The second-order valence-electron chi connectivity index (χ2n) is 4.36. The summed E-state index contributed by atoms with van der Waals surface area (Å²) >= 11 is 0. The third kappa shape index (κ3) is 2.85. The number of rotatable bonds is 4. The highest BCUT2D eigenvalue weighted by molar-refractivity contribution is 5.86. The van der Waals surface area contributed by atoms with Crippen molar-refractivity contribution < 1.29 is 13.5 Å². The monoisotopic (exact) mass is 279 g/mol. The molecular formula is C14H15F2N3O. The molecule has 0 bridgehead atoms. The van der Waals surface area contributed by atoms with E-state index in [1.807, 2.05) is 0 Å². The number of guanidine groups is 1. The van der Waals surface area contributed by atoms with Crippen LogP contribution in [0.15, 0.2) is 41.4 Å². The lowest BCUT2D eigenvalue weighted by atomic mass is 10.0. The van der Waals surface area contributed by atoms with Crippen LogP contribution in [0.1, 0.15) is 5.56 Å². The fourth-order valence-electron chi connectivity index (χ4n) is 2.06. The largest absolute Gasteiger partial charge is 0.370 e. The molecule has 0 saturated carbocycles. The van der Waals surface area contributed by atoms with E-state index in [0.717, 1.165) is 7.11 Å². The van der Waals surface area contributed by atoms with Gasteiger partial charge in [0.1, 0.15) is 5.82 Å². The van der Waals surface area contributed by atoms with E-state index in [4.69, 9.17) is 16.2 Å². The molecule has 1 unspecified atom stereocenters. The Morgan fingerprint density at radius 2 is 1.85 bits per heavy atom. The summed E-state index contributed by atoms with van der Waals surface area (Å²) in [5.41, 5.74) is 10.9. The number of hydrogen-bond acceptors (Lipinski definition) is 2. The van der Waals surface area contributed by atoms with Crippen molar-refractivity contribution in [2.24, 2.45) is 16.5 Å². The van der Waals surface area contributed by atoms with Crippen LogP contribution in [0.4, 0.5) is 8.78 Å². The van der Waals surface area contributed by atoms with Crippen LogP contribution >= 0.6 is 0 Å². The van der Waals surface area contributed by atoms with Crippen molar-refractivity contribution >= 4 is 16.7 Å². The Morgan fingerprint density at radius 1 is 1.20 bits per heavy atom. The van der Waals surface area contributed by atoms with Crippen molar-refractivity contribution in [1.29, 1.82) is 0 Å². The standard InChI is InChI=1S/C14H15F2N3O/c1-20-14(16,19-13(17)18)8-9-6-7-12(15)11-5-3-2-4-10(9)11/h2-7H,8H2,1H3,(H4,17,18,19). The molecule has 1 atom stereocenters. The van der Waals surface area contributed by atoms with Gasteiger partial charge in [-0.05, 0) is 17.0 Å². The SMILES string of the molecule is COC(F)(Cc1ccc(F)c2ccccc12)N=C(N)N. The minimum atomic E-state index is -2.38. The maximum absolute atomic E-state index is 14.4. The maximum Gasteiger partial charge on any atom is 0.313 e. The van der Waals surface area contributed by atoms with Gasteiger partial charge < -0.3 is 16.2 Å². The molecule has 2 aromatic rings. The van der Waals surface area contributed by atoms with Crippen molar-refractivity contribution in [1.82, 2.24) is 0 Å². The molecule has 0 aliphatic carbocycles. The molecular weight excluding hydrogens is 264 g/mol. The summed E-state index contributed by atoms with van der Waals surface area (Å²) in [6.45, 7) is 0. The van der Waals surface area contributed by atoms with Gasteiger partial charge in [-0.25, -0.2) is 4.39 Å². The third-order valence-electron chi connectivity index (χ3n) is 2.98. The Labute approximate surface area is 115 Å². The number of halogens is 2. The number of hydrogen-bond donors (Lipinski definition) is 2. The Kier molecular flexibility index (Phi) is 3.85. The summed E-state index contributed by atoms with van der Waals surface area (Å²) in [5, 5.41) is 1.01. The molecule has 2 rings (SSSR count). The average Bonchev–Trinajstić information content (AvgIpc) is 2.41. The normalized spacial score (nSPS) is 13.9. The molecule has 6 heteroatoms. The van der Waals surface area contributed by atoms with Crippen LogP contribution in [-0.2, 0) is 11.2 Å². The van der Waals surface area contributed by atoms with Gasteiger partial charge in [-0.15, -0.1) is 0 Å². The van der Waals surface area contributed by atoms with E-state index >= 15 is 0 Å². The van der Waals surface area contributed by atoms with Gasteiger partial charge in [-0.2, -0.15) is 9.38 Å². The Balaban J connectivity index is 2.49. The van der Waals surface area contributed by atoms with Gasteiger partial charge in [0.15, 0.2) is 5.96 Å². The maximum atomic E-state index is 14.4.